The fraction of sp³-hybridized carbons (Fsp3) is 0.267. The average Bonchev–Trinajstić information content (AvgIpc) is 2.81. The number of carbonyl (C=O) groups is 1. The molecule has 20 heavy (non-hydrogen) atoms. The summed E-state index contributed by atoms with van der Waals surface area (Å²) < 4.78 is 11.3. The van der Waals surface area contributed by atoms with E-state index in [1.165, 1.54) is 12.7 Å². The Bertz CT molecular complexity index is 590. The molecule has 2 rings (SSSR count). The van der Waals surface area contributed by atoms with Crippen LogP contribution in [0, 0.1) is 6.92 Å². The lowest BCUT2D eigenvalue weighted by Crippen LogP contribution is -2.12. The van der Waals surface area contributed by atoms with E-state index in [-0.39, 0.29) is 5.97 Å². The molecule has 0 bridgehead atoms. The predicted molar refractivity (Wildman–Crippen MR) is 79.5 cm³/mol. The van der Waals surface area contributed by atoms with Crippen molar-refractivity contribution in [3.63, 3.8) is 0 Å². The number of furan rings is 1. The highest BCUT2D eigenvalue weighted by Gasteiger charge is 2.14. The normalized spacial score (nSPS) is 10.6. The van der Waals surface area contributed by atoms with E-state index in [1.54, 1.807) is 13.0 Å². The van der Waals surface area contributed by atoms with Gasteiger partial charge >= 0.3 is 5.97 Å². The van der Waals surface area contributed by atoms with Crippen LogP contribution in [0.3, 0.4) is 0 Å². The third-order valence-corrected chi connectivity index (χ3v) is 3.44. The van der Waals surface area contributed by atoms with Crippen LogP contribution in [0.15, 0.2) is 39.2 Å². The number of ether oxygens (including phenoxy) is 1. The molecule has 0 aliphatic rings. The van der Waals surface area contributed by atoms with Crippen LogP contribution < -0.4 is 5.32 Å². The van der Waals surface area contributed by atoms with E-state index in [4.69, 9.17) is 9.15 Å². The molecule has 0 aliphatic carbocycles. The zero-order valence-electron chi connectivity index (χ0n) is 11.4. The van der Waals surface area contributed by atoms with Crippen LogP contribution in [0.1, 0.15) is 27.4 Å². The molecule has 0 amide bonds. The molecule has 5 heteroatoms. The Hall–Kier alpha value is -1.59. The Balaban J connectivity index is 1.91. The van der Waals surface area contributed by atoms with E-state index in [0.29, 0.717) is 17.9 Å². The maximum absolute atomic E-state index is 11.5. The fourth-order valence-corrected chi connectivity index (χ4v) is 2.14. The highest BCUT2D eigenvalue weighted by molar-refractivity contribution is 9.10. The molecule has 0 fully saturated rings. The SMILES string of the molecule is COC(=O)c1cc(CNCc2ccc(Br)cc2)oc1C. The molecule has 106 valence electrons. The van der Waals surface area contributed by atoms with Crippen molar-refractivity contribution in [2.24, 2.45) is 0 Å². The Morgan fingerprint density at radius 3 is 2.65 bits per heavy atom. The van der Waals surface area contributed by atoms with Crippen LogP contribution >= 0.6 is 15.9 Å². The summed E-state index contributed by atoms with van der Waals surface area (Å²) in [6.07, 6.45) is 0. The van der Waals surface area contributed by atoms with Crippen molar-refractivity contribution in [2.75, 3.05) is 7.11 Å². The number of hydrogen-bond acceptors (Lipinski definition) is 4. The molecule has 1 N–H and O–H groups in total. The van der Waals surface area contributed by atoms with E-state index in [2.05, 4.69) is 21.2 Å². The van der Waals surface area contributed by atoms with Crippen molar-refractivity contribution in [1.82, 2.24) is 5.32 Å². The van der Waals surface area contributed by atoms with Gasteiger partial charge in [0.25, 0.3) is 0 Å². The lowest BCUT2D eigenvalue weighted by molar-refractivity contribution is 0.0599. The van der Waals surface area contributed by atoms with Crippen molar-refractivity contribution >= 4 is 21.9 Å². The zero-order valence-corrected chi connectivity index (χ0v) is 13.0. The van der Waals surface area contributed by atoms with E-state index >= 15 is 0 Å². The second-order valence-corrected chi connectivity index (χ2v) is 5.32. The fourth-order valence-electron chi connectivity index (χ4n) is 1.88. The van der Waals surface area contributed by atoms with Crippen LogP contribution in [-0.2, 0) is 17.8 Å². The number of halogens is 1. The van der Waals surface area contributed by atoms with Crippen molar-refractivity contribution in [3.05, 3.63) is 57.5 Å². The highest BCUT2D eigenvalue weighted by Crippen LogP contribution is 2.16. The lowest BCUT2D eigenvalue weighted by atomic mass is 10.2. The van der Waals surface area contributed by atoms with Gasteiger partial charge < -0.3 is 14.5 Å². The highest BCUT2D eigenvalue weighted by atomic mass is 79.9. The number of rotatable bonds is 5. The van der Waals surface area contributed by atoms with Crippen molar-refractivity contribution in [3.8, 4) is 0 Å². The first-order valence-corrected chi connectivity index (χ1v) is 7.02. The third kappa shape index (κ3) is 3.71. The van der Waals surface area contributed by atoms with E-state index in [0.717, 1.165) is 16.8 Å². The van der Waals surface area contributed by atoms with E-state index in [1.807, 2.05) is 24.3 Å². The van der Waals surface area contributed by atoms with Gasteiger partial charge in [-0.3, -0.25) is 0 Å². The van der Waals surface area contributed by atoms with Crippen LogP contribution in [-0.4, -0.2) is 13.1 Å². The Kier molecular flexibility index (Phi) is 4.98. The third-order valence-electron chi connectivity index (χ3n) is 2.92. The summed E-state index contributed by atoms with van der Waals surface area (Å²) in [7, 11) is 1.36. The van der Waals surface area contributed by atoms with Crippen molar-refractivity contribution < 1.29 is 13.9 Å². The van der Waals surface area contributed by atoms with Gasteiger partial charge in [-0.2, -0.15) is 0 Å². The van der Waals surface area contributed by atoms with Crippen LogP contribution in [0.5, 0.6) is 0 Å². The molecule has 0 saturated carbocycles. The summed E-state index contributed by atoms with van der Waals surface area (Å²) in [6.45, 7) is 3.05. The molecule has 0 radical (unpaired) electrons. The number of nitrogens with one attached hydrogen (secondary N) is 1. The Morgan fingerprint density at radius 1 is 1.30 bits per heavy atom. The molecular weight excluding hydrogens is 322 g/mol. The summed E-state index contributed by atoms with van der Waals surface area (Å²) >= 11 is 3.40. The topological polar surface area (TPSA) is 51.5 Å². The molecule has 0 spiro atoms. The number of esters is 1. The molecule has 2 aromatic rings. The van der Waals surface area contributed by atoms with Crippen molar-refractivity contribution in [2.45, 2.75) is 20.0 Å². The van der Waals surface area contributed by atoms with Gasteiger partial charge in [0.05, 0.1) is 13.7 Å². The van der Waals surface area contributed by atoms with Gasteiger partial charge in [0.15, 0.2) is 0 Å². The first-order valence-electron chi connectivity index (χ1n) is 6.23. The molecule has 1 aromatic heterocycles. The zero-order chi connectivity index (χ0) is 14.5. The Labute approximate surface area is 126 Å². The molecule has 4 nitrogen and oxygen atoms in total. The average molecular weight is 338 g/mol. The van der Waals surface area contributed by atoms with Crippen LogP contribution in [0.2, 0.25) is 0 Å². The van der Waals surface area contributed by atoms with E-state index < -0.39 is 0 Å². The largest absolute Gasteiger partial charge is 0.465 e. The Morgan fingerprint density at radius 2 is 2.00 bits per heavy atom. The van der Waals surface area contributed by atoms with Crippen LogP contribution in [0.4, 0.5) is 0 Å². The first-order chi connectivity index (χ1) is 9.60. The van der Waals surface area contributed by atoms with E-state index in [9.17, 15) is 4.79 Å². The lowest BCUT2D eigenvalue weighted by Gasteiger charge is -2.03. The summed E-state index contributed by atoms with van der Waals surface area (Å²) in [5, 5.41) is 3.27. The smallest absolute Gasteiger partial charge is 0.341 e. The molecule has 0 atom stereocenters. The standard InChI is InChI=1S/C15H16BrNO3/c1-10-14(15(18)19-2)7-13(20-10)9-17-8-11-3-5-12(16)6-4-11/h3-7,17H,8-9H2,1-2H3. The van der Waals surface area contributed by atoms with Gasteiger partial charge in [-0.25, -0.2) is 4.79 Å². The second-order valence-electron chi connectivity index (χ2n) is 4.40. The van der Waals surface area contributed by atoms with Gasteiger partial charge in [-0.15, -0.1) is 0 Å². The predicted octanol–water partition coefficient (Wildman–Crippen LogP) is 3.43. The molecule has 0 unspecified atom stereocenters. The minimum Gasteiger partial charge on any atom is -0.465 e. The molecule has 1 aromatic carbocycles. The van der Waals surface area contributed by atoms with Gasteiger partial charge in [0, 0.05) is 11.0 Å². The maximum Gasteiger partial charge on any atom is 0.341 e. The van der Waals surface area contributed by atoms with Gasteiger partial charge in [0.1, 0.15) is 17.1 Å². The van der Waals surface area contributed by atoms with Crippen LogP contribution in [0.25, 0.3) is 0 Å². The number of hydrogen-bond donors (Lipinski definition) is 1. The summed E-state index contributed by atoms with van der Waals surface area (Å²) in [5.74, 6) is 0.933. The monoisotopic (exact) mass is 337 g/mol. The quantitative estimate of drug-likeness (QED) is 0.849. The maximum atomic E-state index is 11.5. The number of aryl methyl sites for hydroxylation is 1. The summed E-state index contributed by atoms with van der Waals surface area (Å²) in [6, 6.07) is 9.82. The molecular formula is C15H16BrNO3. The van der Waals surface area contributed by atoms with Gasteiger partial charge in [-0.1, -0.05) is 28.1 Å². The number of carbonyl (C=O) groups excluding carboxylic acids is 1. The second kappa shape index (κ2) is 6.72. The van der Waals surface area contributed by atoms with Crippen molar-refractivity contribution in [1.29, 1.82) is 0 Å². The number of methoxy groups -OCH3 is 1. The molecule has 0 saturated heterocycles. The molecule has 1 heterocycles. The molecule has 0 aliphatic heterocycles. The minimum absolute atomic E-state index is 0.370. The first kappa shape index (κ1) is 14.8. The summed E-state index contributed by atoms with van der Waals surface area (Å²) in [4.78, 5) is 11.5. The summed E-state index contributed by atoms with van der Waals surface area (Å²) in [5.41, 5.74) is 1.66. The number of benzene rings is 1. The minimum atomic E-state index is -0.370. The van der Waals surface area contributed by atoms with Gasteiger partial charge in [-0.05, 0) is 30.7 Å². The van der Waals surface area contributed by atoms with Gasteiger partial charge in [0.2, 0.25) is 0 Å².